The maximum Gasteiger partial charge on any atom is 0.410 e. The Labute approximate surface area is 121 Å². The number of likely N-dealkylation sites (tertiary alicyclic amines) is 2. The van der Waals surface area contributed by atoms with Crippen molar-refractivity contribution >= 4 is 6.09 Å². The van der Waals surface area contributed by atoms with Crippen LogP contribution in [0.15, 0.2) is 0 Å². The summed E-state index contributed by atoms with van der Waals surface area (Å²) in [5, 5.41) is 3.68. The Balaban J connectivity index is 1.35. The Kier molecular flexibility index (Phi) is 3.67. The van der Waals surface area contributed by atoms with Crippen LogP contribution >= 0.6 is 0 Å². The van der Waals surface area contributed by atoms with Gasteiger partial charge in [0.25, 0.3) is 0 Å². The molecule has 3 aliphatic rings. The van der Waals surface area contributed by atoms with E-state index in [1.54, 1.807) is 4.90 Å². The van der Waals surface area contributed by atoms with Gasteiger partial charge in [-0.2, -0.15) is 0 Å². The second-order valence-corrected chi connectivity index (χ2v) is 7.46. The molecule has 20 heavy (non-hydrogen) atoms. The van der Waals surface area contributed by atoms with Gasteiger partial charge in [0.2, 0.25) is 0 Å². The fraction of sp³-hybridized carbons (Fsp3) is 0.933. The highest BCUT2D eigenvalue weighted by molar-refractivity contribution is 5.69. The third-order valence-electron chi connectivity index (χ3n) is 4.29. The fourth-order valence-electron chi connectivity index (χ4n) is 3.09. The average Bonchev–Trinajstić information content (AvgIpc) is 3.01. The molecule has 0 aromatic heterocycles. The Morgan fingerprint density at radius 1 is 1.10 bits per heavy atom. The summed E-state index contributed by atoms with van der Waals surface area (Å²) in [5.74, 6) is 0. The molecule has 3 rings (SSSR count). The monoisotopic (exact) mass is 281 g/mol. The van der Waals surface area contributed by atoms with E-state index in [1.807, 2.05) is 20.8 Å². The third kappa shape index (κ3) is 3.44. The molecule has 0 radical (unpaired) electrons. The standard InChI is InChI=1S/C15H27N3O2/c1-15(2,3)20-14(19)18-9-12(10-18)16-11-6-7-17(8-11)13-4-5-13/h11-13,16H,4-10H2,1-3H3. The molecule has 3 fully saturated rings. The van der Waals surface area contributed by atoms with Gasteiger partial charge in [-0.15, -0.1) is 0 Å². The zero-order valence-corrected chi connectivity index (χ0v) is 12.9. The summed E-state index contributed by atoms with van der Waals surface area (Å²) >= 11 is 0. The SMILES string of the molecule is CC(C)(C)OC(=O)N1CC(NC2CCN(C3CC3)C2)C1. The molecule has 2 heterocycles. The molecule has 0 aromatic carbocycles. The van der Waals surface area contributed by atoms with E-state index in [-0.39, 0.29) is 6.09 Å². The number of hydrogen-bond acceptors (Lipinski definition) is 4. The number of carbonyl (C=O) groups is 1. The molecule has 2 aliphatic heterocycles. The molecule has 1 atom stereocenters. The van der Waals surface area contributed by atoms with Crippen LogP contribution in [0.25, 0.3) is 0 Å². The maximum atomic E-state index is 11.8. The minimum Gasteiger partial charge on any atom is -0.444 e. The molecule has 1 N–H and O–H groups in total. The van der Waals surface area contributed by atoms with Crippen LogP contribution in [-0.4, -0.2) is 65.8 Å². The summed E-state index contributed by atoms with van der Waals surface area (Å²) in [6, 6.07) is 1.94. The molecule has 5 nitrogen and oxygen atoms in total. The predicted octanol–water partition coefficient (Wildman–Crippen LogP) is 1.43. The predicted molar refractivity (Wildman–Crippen MR) is 77.7 cm³/mol. The Bertz CT molecular complexity index is 370. The van der Waals surface area contributed by atoms with Crippen molar-refractivity contribution in [3.8, 4) is 0 Å². The lowest BCUT2D eigenvalue weighted by Gasteiger charge is -2.41. The van der Waals surface area contributed by atoms with Crippen LogP contribution in [0, 0.1) is 0 Å². The third-order valence-corrected chi connectivity index (χ3v) is 4.29. The molecule has 1 saturated carbocycles. The van der Waals surface area contributed by atoms with Crippen LogP contribution in [0.3, 0.4) is 0 Å². The first-order valence-corrected chi connectivity index (χ1v) is 7.89. The van der Waals surface area contributed by atoms with Crippen molar-refractivity contribution in [2.75, 3.05) is 26.2 Å². The summed E-state index contributed by atoms with van der Waals surface area (Å²) in [6.07, 6.45) is 3.85. The topological polar surface area (TPSA) is 44.8 Å². The highest BCUT2D eigenvalue weighted by atomic mass is 16.6. The largest absolute Gasteiger partial charge is 0.444 e. The minimum atomic E-state index is -0.397. The van der Waals surface area contributed by atoms with Crippen LogP contribution in [0.4, 0.5) is 4.79 Å². The van der Waals surface area contributed by atoms with Crippen LogP contribution in [0.1, 0.15) is 40.0 Å². The molecule has 2 saturated heterocycles. The molecule has 0 bridgehead atoms. The van der Waals surface area contributed by atoms with E-state index < -0.39 is 5.60 Å². The maximum absolute atomic E-state index is 11.8. The van der Waals surface area contributed by atoms with Gasteiger partial charge >= 0.3 is 6.09 Å². The van der Waals surface area contributed by atoms with Gasteiger partial charge in [-0.3, -0.25) is 4.90 Å². The Hall–Kier alpha value is -0.810. The summed E-state index contributed by atoms with van der Waals surface area (Å²) in [6.45, 7) is 9.73. The average molecular weight is 281 g/mol. The molecule has 5 heteroatoms. The van der Waals surface area contributed by atoms with Gasteiger partial charge in [-0.05, 0) is 40.0 Å². The van der Waals surface area contributed by atoms with Crippen molar-refractivity contribution in [3.63, 3.8) is 0 Å². The lowest BCUT2D eigenvalue weighted by Crippen LogP contribution is -2.62. The first-order chi connectivity index (χ1) is 9.40. The quantitative estimate of drug-likeness (QED) is 0.850. The Morgan fingerprint density at radius 2 is 1.80 bits per heavy atom. The number of hydrogen-bond donors (Lipinski definition) is 1. The van der Waals surface area contributed by atoms with Gasteiger partial charge in [0.15, 0.2) is 0 Å². The smallest absolute Gasteiger partial charge is 0.410 e. The van der Waals surface area contributed by atoms with Crippen LogP contribution in [0.2, 0.25) is 0 Å². The van der Waals surface area contributed by atoms with Gasteiger partial charge < -0.3 is 15.0 Å². The number of nitrogens with one attached hydrogen (secondary N) is 1. The number of ether oxygens (including phenoxy) is 1. The van der Waals surface area contributed by atoms with Gasteiger partial charge in [-0.1, -0.05) is 0 Å². The number of nitrogens with zero attached hydrogens (tertiary/aromatic N) is 2. The van der Waals surface area contributed by atoms with Gasteiger partial charge in [0, 0.05) is 44.3 Å². The van der Waals surface area contributed by atoms with Crippen molar-refractivity contribution in [3.05, 3.63) is 0 Å². The van der Waals surface area contributed by atoms with E-state index in [9.17, 15) is 4.79 Å². The first kappa shape index (κ1) is 14.1. The molecule has 1 amide bonds. The fourth-order valence-corrected chi connectivity index (χ4v) is 3.09. The van der Waals surface area contributed by atoms with E-state index >= 15 is 0 Å². The minimum absolute atomic E-state index is 0.179. The lowest BCUT2D eigenvalue weighted by molar-refractivity contribution is 0.00426. The molecule has 1 unspecified atom stereocenters. The second-order valence-electron chi connectivity index (χ2n) is 7.46. The molecular weight excluding hydrogens is 254 g/mol. The van der Waals surface area contributed by atoms with E-state index in [2.05, 4.69) is 10.2 Å². The highest BCUT2D eigenvalue weighted by Gasteiger charge is 2.38. The molecule has 0 spiro atoms. The van der Waals surface area contributed by atoms with Crippen molar-refractivity contribution in [2.24, 2.45) is 0 Å². The first-order valence-electron chi connectivity index (χ1n) is 7.89. The lowest BCUT2D eigenvalue weighted by atomic mass is 10.1. The molecule has 114 valence electrons. The van der Waals surface area contributed by atoms with Crippen LogP contribution in [0.5, 0.6) is 0 Å². The van der Waals surface area contributed by atoms with Gasteiger partial charge in [0.05, 0.1) is 0 Å². The summed E-state index contributed by atoms with van der Waals surface area (Å²) in [4.78, 5) is 16.2. The number of amides is 1. The molecule has 0 aromatic rings. The Morgan fingerprint density at radius 3 is 2.40 bits per heavy atom. The number of carbonyl (C=O) groups excluding carboxylic acids is 1. The van der Waals surface area contributed by atoms with E-state index in [4.69, 9.17) is 4.74 Å². The summed E-state index contributed by atoms with van der Waals surface area (Å²) in [5.41, 5.74) is -0.397. The van der Waals surface area contributed by atoms with Crippen LogP contribution < -0.4 is 5.32 Å². The zero-order valence-electron chi connectivity index (χ0n) is 12.9. The molecule has 1 aliphatic carbocycles. The summed E-state index contributed by atoms with van der Waals surface area (Å²) in [7, 11) is 0. The van der Waals surface area contributed by atoms with Crippen molar-refractivity contribution in [1.29, 1.82) is 0 Å². The highest BCUT2D eigenvalue weighted by Crippen LogP contribution is 2.30. The second kappa shape index (κ2) is 5.19. The van der Waals surface area contributed by atoms with E-state index in [1.165, 1.54) is 32.4 Å². The van der Waals surface area contributed by atoms with Gasteiger partial charge in [-0.25, -0.2) is 4.79 Å². The van der Waals surface area contributed by atoms with Gasteiger partial charge in [0.1, 0.15) is 5.60 Å². The van der Waals surface area contributed by atoms with Crippen molar-refractivity contribution < 1.29 is 9.53 Å². The van der Waals surface area contributed by atoms with Crippen molar-refractivity contribution in [1.82, 2.24) is 15.1 Å². The van der Waals surface area contributed by atoms with E-state index in [0.717, 1.165) is 19.1 Å². The van der Waals surface area contributed by atoms with Crippen LogP contribution in [-0.2, 0) is 4.74 Å². The van der Waals surface area contributed by atoms with E-state index in [0.29, 0.717) is 12.1 Å². The zero-order chi connectivity index (χ0) is 14.3. The number of rotatable bonds is 3. The molecular formula is C15H27N3O2. The normalized spacial score (nSPS) is 28.6. The summed E-state index contributed by atoms with van der Waals surface area (Å²) < 4.78 is 5.37. The van der Waals surface area contributed by atoms with Crippen molar-refractivity contribution in [2.45, 2.75) is 63.8 Å².